The molecule has 1 heterocycles. The van der Waals surface area contributed by atoms with Gasteiger partial charge < -0.3 is 5.73 Å². The van der Waals surface area contributed by atoms with Crippen molar-refractivity contribution < 1.29 is 4.79 Å². The Labute approximate surface area is 89.1 Å². The van der Waals surface area contributed by atoms with Gasteiger partial charge in [-0.25, -0.2) is 4.98 Å². The van der Waals surface area contributed by atoms with Gasteiger partial charge in [0.1, 0.15) is 4.60 Å². The molecule has 2 aromatic rings. The summed E-state index contributed by atoms with van der Waals surface area (Å²) in [6.07, 6.45) is 0. The molecule has 0 saturated carbocycles. The molecule has 0 atom stereocenters. The van der Waals surface area contributed by atoms with Crippen LogP contribution in [0.4, 0.5) is 0 Å². The predicted octanol–water partition coefficient (Wildman–Crippen LogP) is 2.10. The van der Waals surface area contributed by atoms with Gasteiger partial charge in [-0.05, 0) is 28.1 Å². The van der Waals surface area contributed by atoms with Gasteiger partial charge in [0.25, 0.3) is 0 Å². The second-order valence-corrected chi connectivity index (χ2v) is 3.69. The molecule has 0 radical (unpaired) electrons. The molecule has 0 unspecified atom stereocenters. The van der Waals surface area contributed by atoms with E-state index in [-0.39, 0.29) is 0 Å². The van der Waals surface area contributed by atoms with Crippen LogP contribution >= 0.6 is 15.9 Å². The predicted molar refractivity (Wildman–Crippen MR) is 58.0 cm³/mol. The number of primary amides is 1. The summed E-state index contributed by atoms with van der Waals surface area (Å²) >= 11 is 3.23. The van der Waals surface area contributed by atoms with Crippen LogP contribution in [0.3, 0.4) is 0 Å². The first-order valence-electron chi connectivity index (χ1n) is 4.03. The molecule has 3 nitrogen and oxygen atoms in total. The van der Waals surface area contributed by atoms with Gasteiger partial charge in [-0.1, -0.05) is 18.2 Å². The van der Waals surface area contributed by atoms with Crippen LogP contribution < -0.4 is 5.73 Å². The third-order valence-electron chi connectivity index (χ3n) is 1.95. The lowest BCUT2D eigenvalue weighted by Gasteiger charge is -2.02. The Hall–Kier alpha value is -1.42. The Kier molecular flexibility index (Phi) is 2.21. The molecule has 0 spiro atoms. The first kappa shape index (κ1) is 9.15. The fourth-order valence-corrected chi connectivity index (χ4v) is 1.77. The van der Waals surface area contributed by atoms with Crippen LogP contribution in [-0.4, -0.2) is 10.9 Å². The molecule has 4 heteroatoms. The summed E-state index contributed by atoms with van der Waals surface area (Å²) in [6, 6.07) is 9.02. The fourth-order valence-electron chi connectivity index (χ4n) is 1.35. The first-order valence-corrected chi connectivity index (χ1v) is 4.83. The lowest BCUT2D eigenvalue weighted by atomic mass is 10.1. The lowest BCUT2D eigenvalue weighted by molar-refractivity contribution is 0.100. The van der Waals surface area contributed by atoms with Gasteiger partial charge >= 0.3 is 0 Å². The van der Waals surface area contributed by atoms with Crippen molar-refractivity contribution in [2.24, 2.45) is 5.73 Å². The number of pyridine rings is 1. The lowest BCUT2D eigenvalue weighted by Crippen LogP contribution is -2.11. The van der Waals surface area contributed by atoms with Gasteiger partial charge in [-0.2, -0.15) is 0 Å². The second-order valence-electron chi connectivity index (χ2n) is 2.87. The van der Waals surface area contributed by atoms with Crippen LogP contribution in [0.15, 0.2) is 34.9 Å². The minimum absolute atomic E-state index is 0.440. The van der Waals surface area contributed by atoms with Crippen LogP contribution in [0.1, 0.15) is 10.4 Å². The number of hydrogen-bond acceptors (Lipinski definition) is 2. The van der Waals surface area contributed by atoms with Crippen LogP contribution in [0.5, 0.6) is 0 Å². The third kappa shape index (κ3) is 1.48. The average Bonchev–Trinajstić information content (AvgIpc) is 2.16. The van der Waals surface area contributed by atoms with Gasteiger partial charge in [-0.3, -0.25) is 4.79 Å². The number of amides is 1. The van der Waals surface area contributed by atoms with Gasteiger partial charge in [0.2, 0.25) is 5.91 Å². The van der Waals surface area contributed by atoms with Crippen molar-refractivity contribution in [2.75, 3.05) is 0 Å². The van der Waals surface area contributed by atoms with Gasteiger partial charge in [0.15, 0.2) is 0 Å². The summed E-state index contributed by atoms with van der Waals surface area (Å²) in [6.45, 7) is 0. The molecule has 1 amide bonds. The number of hydrogen-bond donors (Lipinski definition) is 1. The topological polar surface area (TPSA) is 56.0 Å². The van der Waals surface area contributed by atoms with Crippen molar-refractivity contribution in [3.63, 3.8) is 0 Å². The smallest absolute Gasteiger partial charge is 0.249 e. The Morgan fingerprint density at radius 2 is 2.07 bits per heavy atom. The van der Waals surface area contributed by atoms with E-state index in [0.717, 1.165) is 10.9 Å². The standard InChI is InChI=1S/C10H7BrN2O/c11-9-5-7(10(12)14)6-3-1-2-4-8(6)13-9/h1-5H,(H2,12,14). The molecule has 1 aromatic heterocycles. The summed E-state index contributed by atoms with van der Waals surface area (Å²) in [7, 11) is 0. The van der Waals surface area contributed by atoms with Crippen molar-refractivity contribution in [2.45, 2.75) is 0 Å². The Bertz CT molecular complexity index is 510. The van der Waals surface area contributed by atoms with E-state index in [9.17, 15) is 4.79 Å². The fraction of sp³-hybridized carbons (Fsp3) is 0. The van der Waals surface area contributed by atoms with Crippen molar-refractivity contribution >= 4 is 32.7 Å². The summed E-state index contributed by atoms with van der Waals surface area (Å²) in [4.78, 5) is 15.4. The SMILES string of the molecule is NC(=O)c1cc(Br)nc2ccccc12. The highest BCUT2D eigenvalue weighted by molar-refractivity contribution is 9.10. The quantitative estimate of drug-likeness (QED) is 0.789. The summed E-state index contributed by atoms with van der Waals surface area (Å²) in [5.41, 5.74) is 6.51. The molecule has 0 fully saturated rings. The zero-order chi connectivity index (χ0) is 10.1. The number of halogens is 1. The highest BCUT2D eigenvalue weighted by Gasteiger charge is 2.07. The Morgan fingerprint density at radius 1 is 1.36 bits per heavy atom. The van der Waals surface area contributed by atoms with E-state index in [0.29, 0.717) is 10.2 Å². The molecular formula is C10H7BrN2O. The van der Waals surface area contributed by atoms with Crippen LogP contribution in [0.2, 0.25) is 0 Å². The zero-order valence-electron chi connectivity index (χ0n) is 7.20. The minimum Gasteiger partial charge on any atom is -0.366 e. The van der Waals surface area contributed by atoms with Gasteiger partial charge in [-0.15, -0.1) is 0 Å². The van der Waals surface area contributed by atoms with Crippen molar-refractivity contribution in [1.82, 2.24) is 4.98 Å². The normalized spacial score (nSPS) is 10.4. The Morgan fingerprint density at radius 3 is 2.79 bits per heavy atom. The maximum atomic E-state index is 11.1. The molecule has 2 rings (SSSR count). The summed E-state index contributed by atoms with van der Waals surface area (Å²) < 4.78 is 0.616. The largest absolute Gasteiger partial charge is 0.366 e. The maximum Gasteiger partial charge on any atom is 0.249 e. The van der Waals surface area contributed by atoms with E-state index in [1.54, 1.807) is 6.07 Å². The molecule has 0 aliphatic heterocycles. The van der Waals surface area contributed by atoms with E-state index in [1.165, 1.54) is 0 Å². The van der Waals surface area contributed by atoms with Crippen LogP contribution in [0, 0.1) is 0 Å². The number of rotatable bonds is 1. The number of carbonyl (C=O) groups excluding carboxylic acids is 1. The Balaban J connectivity index is 2.87. The first-order chi connectivity index (χ1) is 6.68. The third-order valence-corrected chi connectivity index (χ3v) is 2.36. The van der Waals surface area contributed by atoms with Gasteiger partial charge in [0, 0.05) is 5.39 Å². The number of para-hydroxylation sites is 1. The molecule has 14 heavy (non-hydrogen) atoms. The molecule has 2 N–H and O–H groups in total. The molecule has 0 aliphatic rings. The highest BCUT2D eigenvalue weighted by Crippen LogP contribution is 2.20. The monoisotopic (exact) mass is 250 g/mol. The molecule has 70 valence electrons. The molecule has 0 aliphatic carbocycles. The number of nitrogens with two attached hydrogens (primary N) is 1. The number of aromatic nitrogens is 1. The summed E-state index contributed by atoms with van der Waals surface area (Å²) in [5.74, 6) is -0.440. The van der Waals surface area contributed by atoms with Crippen molar-refractivity contribution in [3.05, 3.63) is 40.5 Å². The number of carbonyl (C=O) groups is 1. The number of benzene rings is 1. The van der Waals surface area contributed by atoms with E-state index in [4.69, 9.17) is 5.73 Å². The average molecular weight is 251 g/mol. The highest BCUT2D eigenvalue weighted by atomic mass is 79.9. The second kappa shape index (κ2) is 3.38. The minimum atomic E-state index is -0.440. The van der Waals surface area contributed by atoms with E-state index < -0.39 is 5.91 Å². The van der Waals surface area contributed by atoms with E-state index in [2.05, 4.69) is 20.9 Å². The van der Waals surface area contributed by atoms with E-state index in [1.807, 2.05) is 24.3 Å². The molecule has 0 bridgehead atoms. The van der Waals surface area contributed by atoms with Crippen LogP contribution in [0.25, 0.3) is 10.9 Å². The number of nitrogens with zero attached hydrogens (tertiary/aromatic N) is 1. The molecular weight excluding hydrogens is 244 g/mol. The van der Waals surface area contributed by atoms with Crippen molar-refractivity contribution in [3.8, 4) is 0 Å². The maximum absolute atomic E-state index is 11.1. The summed E-state index contributed by atoms with van der Waals surface area (Å²) in [5, 5.41) is 0.781. The van der Waals surface area contributed by atoms with E-state index >= 15 is 0 Å². The number of fused-ring (bicyclic) bond motifs is 1. The van der Waals surface area contributed by atoms with Gasteiger partial charge in [0.05, 0.1) is 11.1 Å². The van der Waals surface area contributed by atoms with Crippen LogP contribution in [-0.2, 0) is 0 Å². The van der Waals surface area contributed by atoms with Crippen molar-refractivity contribution in [1.29, 1.82) is 0 Å². The molecule has 1 aromatic carbocycles. The molecule has 0 saturated heterocycles. The zero-order valence-corrected chi connectivity index (χ0v) is 8.78.